The summed E-state index contributed by atoms with van der Waals surface area (Å²) in [4.78, 5) is 34.8. The molecular weight excluding hydrogens is 242 g/mol. The van der Waals surface area contributed by atoms with Crippen molar-refractivity contribution >= 4 is 17.9 Å². The van der Waals surface area contributed by atoms with E-state index in [9.17, 15) is 19.5 Å². The van der Waals surface area contributed by atoms with Crippen LogP contribution in [-0.2, 0) is 14.3 Å². The van der Waals surface area contributed by atoms with Gasteiger partial charge in [-0.1, -0.05) is 0 Å². The summed E-state index contributed by atoms with van der Waals surface area (Å²) < 4.78 is 4.62. The van der Waals surface area contributed by atoms with Gasteiger partial charge in [0.1, 0.15) is 6.04 Å². The van der Waals surface area contributed by atoms with E-state index >= 15 is 0 Å². The van der Waals surface area contributed by atoms with Crippen molar-refractivity contribution < 1.29 is 24.2 Å². The number of ether oxygens (including phenoxy) is 1. The molecule has 1 rings (SSSR count). The third-order valence-corrected chi connectivity index (χ3v) is 2.74. The monoisotopic (exact) mass is 259 g/mol. The molecule has 1 aliphatic rings. The molecule has 8 heteroatoms. The second-order valence-electron chi connectivity index (χ2n) is 4.09. The Morgan fingerprint density at radius 2 is 2.17 bits per heavy atom. The summed E-state index contributed by atoms with van der Waals surface area (Å²) in [7, 11) is 1.27. The summed E-state index contributed by atoms with van der Waals surface area (Å²) in [6.07, 6.45) is -0.318. The summed E-state index contributed by atoms with van der Waals surface area (Å²) in [5.74, 6) is -0.964. The Kier molecular flexibility index (Phi) is 5.05. The van der Waals surface area contributed by atoms with E-state index < -0.39 is 30.1 Å². The molecule has 3 amide bonds. The number of carbonyl (C=O) groups is 3. The van der Waals surface area contributed by atoms with Crippen LogP contribution < -0.4 is 11.1 Å². The van der Waals surface area contributed by atoms with Crippen molar-refractivity contribution in [2.75, 3.05) is 20.2 Å². The maximum absolute atomic E-state index is 11.4. The molecule has 1 aliphatic heterocycles. The van der Waals surface area contributed by atoms with E-state index in [0.717, 1.165) is 0 Å². The van der Waals surface area contributed by atoms with Crippen molar-refractivity contribution in [2.45, 2.75) is 25.0 Å². The van der Waals surface area contributed by atoms with Crippen LogP contribution in [0.5, 0.6) is 0 Å². The fraction of sp³-hybridized carbons (Fsp3) is 0.700. The summed E-state index contributed by atoms with van der Waals surface area (Å²) in [6, 6.07) is -1.46. The van der Waals surface area contributed by atoms with Gasteiger partial charge in [-0.2, -0.15) is 0 Å². The number of hydrogen-bond acceptors (Lipinski definition) is 6. The molecular formula is C10H17N3O5. The highest BCUT2D eigenvalue weighted by molar-refractivity contribution is 5.93. The number of aliphatic hydroxyl groups excluding tert-OH is 1. The van der Waals surface area contributed by atoms with E-state index in [1.165, 1.54) is 7.11 Å². The Labute approximate surface area is 104 Å². The molecule has 0 aromatic rings. The third-order valence-electron chi connectivity index (χ3n) is 2.74. The number of imide groups is 1. The highest BCUT2D eigenvalue weighted by Crippen LogP contribution is 2.19. The highest BCUT2D eigenvalue weighted by Gasteiger charge is 2.36. The van der Waals surface area contributed by atoms with E-state index in [-0.39, 0.29) is 19.4 Å². The van der Waals surface area contributed by atoms with Gasteiger partial charge >= 0.3 is 12.0 Å². The summed E-state index contributed by atoms with van der Waals surface area (Å²) in [5.41, 5.74) is 4.80. The molecule has 0 saturated carbocycles. The standard InChI is InChI=1S/C10H17N3O5/c1-18-9(16)7-4-6(14)5-13(7)3-2-8(15)12-10(11)17/h6-7,14H,2-5H2,1H3,(H3,11,12,15,17). The topological polar surface area (TPSA) is 122 Å². The number of primary amides is 1. The number of nitrogens with two attached hydrogens (primary N) is 1. The largest absolute Gasteiger partial charge is 0.468 e. The molecule has 18 heavy (non-hydrogen) atoms. The van der Waals surface area contributed by atoms with E-state index in [1.54, 1.807) is 4.90 Å². The van der Waals surface area contributed by atoms with Gasteiger partial charge in [0.25, 0.3) is 0 Å². The van der Waals surface area contributed by atoms with E-state index in [4.69, 9.17) is 5.73 Å². The number of hydrogen-bond donors (Lipinski definition) is 3. The Bertz CT molecular complexity index is 346. The van der Waals surface area contributed by atoms with Crippen molar-refractivity contribution in [2.24, 2.45) is 5.73 Å². The van der Waals surface area contributed by atoms with Gasteiger partial charge in [-0.3, -0.25) is 19.8 Å². The molecule has 0 aromatic heterocycles. The van der Waals surface area contributed by atoms with Gasteiger partial charge in [0.2, 0.25) is 5.91 Å². The molecule has 0 aliphatic carbocycles. The van der Waals surface area contributed by atoms with Crippen LogP contribution in [0.1, 0.15) is 12.8 Å². The van der Waals surface area contributed by atoms with Crippen molar-refractivity contribution in [3.8, 4) is 0 Å². The Morgan fingerprint density at radius 1 is 1.50 bits per heavy atom. The number of nitrogens with zero attached hydrogens (tertiary/aromatic N) is 1. The zero-order chi connectivity index (χ0) is 13.7. The molecule has 8 nitrogen and oxygen atoms in total. The molecule has 0 bridgehead atoms. The maximum atomic E-state index is 11.4. The summed E-state index contributed by atoms with van der Waals surface area (Å²) in [5, 5.41) is 11.4. The van der Waals surface area contributed by atoms with Crippen LogP contribution >= 0.6 is 0 Å². The zero-order valence-corrected chi connectivity index (χ0v) is 10.1. The predicted molar refractivity (Wildman–Crippen MR) is 60.3 cm³/mol. The normalized spacial score (nSPS) is 23.7. The lowest BCUT2D eigenvalue weighted by molar-refractivity contribution is -0.146. The average molecular weight is 259 g/mol. The van der Waals surface area contributed by atoms with Gasteiger partial charge in [-0.15, -0.1) is 0 Å². The van der Waals surface area contributed by atoms with Crippen molar-refractivity contribution in [1.82, 2.24) is 10.2 Å². The molecule has 0 spiro atoms. The second kappa shape index (κ2) is 6.31. The van der Waals surface area contributed by atoms with Gasteiger partial charge in [0.15, 0.2) is 0 Å². The number of β-amino-alcohol motifs (C(OH)–C–C–N with tert-alkyl or cyclic N) is 1. The van der Waals surface area contributed by atoms with E-state index in [0.29, 0.717) is 6.54 Å². The minimum atomic E-state index is -0.911. The van der Waals surface area contributed by atoms with Gasteiger partial charge in [0, 0.05) is 25.9 Å². The Morgan fingerprint density at radius 3 is 2.72 bits per heavy atom. The number of likely N-dealkylation sites (tertiary alicyclic amines) is 1. The number of amides is 3. The highest BCUT2D eigenvalue weighted by atomic mass is 16.5. The molecule has 2 unspecified atom stereocenters. The molecule has 1 saturated heterocycles. The molecule has 1 heterocycles. The number of nitrogens with one attached hydrogen (secondary N) is 1. The van der Waals surface area contributed by atoms with Crippen LogP contribution in [0.3, 0.4) is 0 Å². The molecule has 2 atom stereocenters. The number of methoxy groups -OCH3 is 1. The van der Waals surface area contributed by atoms with E-state index in [2.05, 4.69) is 4.74 Å². The van der Waals surface area contributed by atoms with Crippen molar-refractivity contribution in [1.29, 1.82) is 0 Å². The van der Waals surface area contributed by atoms with Crippen LogP contribution in [-0.4, -0.2) is 60.3 Å². The number of urea groups is 1. The molecule has 0 radical (unpaired) electrons. The average Bonchev–Trinajstić information content (AvgIpc) is 2.66. The van der Waals surface area contributed by atoms with Crippen molar-refractivity contribution in [3.05, 3.63) is 0 Å². The molecule has 1 fully saturated rings. The minimum absolute atomic E-state index is 0.0170. The van der Waals surface area contributed by atoms with Crippen molar-refractivity contribution in [3.63, 3.8) is 0 Å². The van der Waals surface area contributed by atoms with Crippen LogP contribution in [0.15, 0.2) is 0 Å². The first kappa shape index (κ1) is 14.4. The Balaban J connectivity index is 2.46. The predicted octanol–water partition coefficient (Wildman–Crippen LogP) is -1.82. The Hall–Kier alpha value is -1.67. The fourth-order valence-corrected chi connectivity index (χ4v) is 1.95. The lowest BCUT2D eigenvalue weighted by Gasteiger charge is -2.21. The smallest absolute Gasteiger partial charge is 0.323 e. The van der Waals surface area contributed by atoms with Gasteiger partial charge in [-0.05, 0) is 0 Å². The van der Waals surface area contributed by atoms with Gasteiger partial charge < -0.3 is 15.6 Å². The number of carbonyl (C=O) groups excluding carboxylic acids is 3. The molecule has 102 valence electrons. The van der Waals surface area contributed by atoms with Crippen LogP contribution in [0.4, 0.5) is 4.79 Å². The summed E-state index contributed by atoms with van der Waals surface area (Å²) >= 11 is 0. The van der Waals surface area contributed by atoms with Gasteiger partial charge in [-0.25, -0.2) is 4.79 Å². The second-order valence-corrected chi connectivity index (χ2v) is 4.09. The van der Waals surface area contributed by atoms with Crippen LogP contribution in [0.25, 0.3) is 0 Å². The fourth-order valence-electron chi connectivity index (χ4n) is 1.95. The minimum Gasteiger partial charge on any atom is -0.468 e. The van der Waals surface area contributed by atoms with Crippen LogP contribution in [0.2, 0.25) is 0 Å². The zero-order valence-electron chi connectivity index (χ0n) is 10.1. The molecule has 4 N–H and O–H groups in total. The SMILES string of the molecule is COC(=O)C1CC(O)CN1CCC(=O)NC(N)=O. The number of aliphatic hydroxyl groups is 1. The first-order chi connectivity index (χ1) is 8.43. The van der Waals surface area contributed by atoms with E-state index in [1.807, 2.05) is 5.32 Å². The lowest BCUT2D eigenvalue weighted by atomic mass is 10.2. The number of esters is 1. The molecule has 0 aromatic carbocycles. The third kappa shape index (κ3) is 3.97. The number of rotatable bonds is 4. The van der Waals surface area contributed by atoms with Gasteiger partial charge in [0.05, 0.1) is 13.2 Å². The maximum Gasteiger partial charge on any atom is 0.323 e. The summed E-state index contributed by atoms with van der Waals surface area (Å²) in [6.45, 7) is 0.541. The first-order valence-corrected chi connectivity index (χ1v) is 5.53. The first-order valence-electron chi connectivity index (χ1n) is 5.53. The quantitative estimate of drug-likeness (QED) is 0.511. The lowest BCUT2D eigenvalue weighted by Crippen LogP contribution is -2.41. The van der Waals surface area contributed by atoms with Crippen LogP contribution in [0, 0.1) is 0 Å².